The molecule has 0 saturated carbocycles. The van der Waals surface area contributed by atoms with Crippen molar-refractivity contribution < 1.29 is 8.42 Å². The summed E-state index contributed by atoms with van der Waals surface area (Å²) in [5.74, 6) is 1.47. The quantitative estimate of drug-likeness (QED) is 0.378. The molecule has 0 spiro atoms. The minimum Gasteiger partial charge on any atom is -0.356 e. The van der Waals surface area contributed by atoms with Gasteiger partial charge >= 0.3 is 0 Å². The molecular weight excluding hydrogens is 425 g/mol. The molecule has 1 aromatic carbocycles. The van der Waals surface area contributed by atoms with Gasteiger partial charge in [-0.3, -0.25) is 4.99 Å². The summed E-state index contributed by atoms with van der Waals surface area (Å²) >= 11 is 0. The second-order valence-electron chi connectivity index (χ2n) is 5.77. The van der Waals surface area contributed by atoms with Gasteiger partial charge in [-0.05, 0) is 36.5 Å². The molecule has 0 unspecified atom stereocenters. The summed E-state index contributed by atoms with van der Waals surface area (Å²) in [6, 6.07) is 7.01. The number of halogens is 1. The Hall–Kier alpha value is -0.830. The van der Waals surface area contributed by atoms with E-state index in [0.29, 0.717) is 10.8 Å². The standard InChI is InChI=1S/C16H27N3O2S.HI/c1-13(2)9-11-18-16(17-3)19-12-10-14-5-7-15(8-6-14)22(4,20)21;/h5-8,13H,9-12H2,1-4H3,(H2,17,18,19);1H. The van der Waals surface area contributed by atoms with Gasteiger partial charge in [-0.1, -0.05) is 26.0 Å². The van der Waals surface area contributed by atoms with E-state index >= 15 is 0 Å². The molecule has 0 amide bonds. The van der Waals surface area contributed by atoms with Gasteiger partial charge in [-0.25, -0.2) is 8.42 Å². The van der Waals surface area contributed by atoms with Gasteiger partial charge in [0, 0.05) is 26.4 Å². The van der Waals surface area contributed by atoms with E-state index in [1.54, 1.807) is 19.2 Å². The average molecular weight is 453 g/mol. The summed E-state index contributed by atoms with van der Waals surface area (Å²) in [7, 11) is -1.36. The van der Waals surface area contributed by atoms with Gasteiger partial charge in [-0.2, -0.15) is 0 Å². The molecule has 132 valence electrons. The molecule has 2 N–H and O–H groups in total. The second-order valence-corrected chi connectivity index (χ2v) is 7.79. The highest BCUT2D eigenvalue weighted by molar-refractivity contribution is 14.0. The summed E-state index contributed by atoms with van der Waals surface area (Å²) in [6.45, 7) is 6.04. The Balaban J connectivity index is 0.00000484. The van der Waals surface area contributed by atoms with Gasteiger partial charge in [0.2, 0.25) is 0 Å². The predicted octanol–water partition coefficient (Wildman–Crippen LogP) is 2.46. The second kappa shape index (κ2) is 10.9. The van der Waals surface area contributed by atoms with Crippen LogP contribution in [0.4, 0.5) is 0 Å². The lowest BCUT2D eigenvalue weighted by Gasteiger charge is -2.13. The number of nitrogens with zero attached hydrogens (tertiary/aromatic N) is 1. The van der Waals surface area contributed by atoms with Gasteiger partial charge in [0.1, 0.15) is 0 Å². The largest absolute Gasteiger partial charge is 0.356 e. The number of hydrogen-bond acceptors (Lipinski definition) is 3. The maximum absolute atomic E-state index is 11.4. The number of aliphatic imine (C=N–C) groups is 1. The predicted molar refractivity (Wildman–Crippen MR) is 107 cm³/mol. The fourth-order valence-electron chi connectivity index (χ4n) is 1.93. The van der Waals surface area contributed by atoms with Crippen molar-refractivity contribution in [1.29, 1.82) is 0 Å². The molecule has 0 heterocycles. The summed E-state index contributed by atoms with van der Waals surface area (Å²) in [6.07, 6.45) is 3.14. The number of nitrogens with one attached hydrogen (secondary N) is 2. The van der Waals surface area contributed by atoms with Crippen LogP contribution in [0, 0.1) is 5.92 Å². The van der Waals surface area contributed by atoms with Crippen LogP contribution in [0.25, 0.3) is 0 Å². The fourth-order valence-corrected chi connectivity index (χ4v) is 2.56. The molecule has 5 nitrogen and oxygen atoms in total. The van der Waals surface area contributed by atoms with Gasteiger partial charge in [0.05, 0.1) is 4.90 Å². The van der Waals surface area contributed by atoms with Gasteiger partial charge in [0.25, 0.3) is 0 Å². The molecule has 0 aromatic heterocycles. The van der Waals surface area contributed by atoms with Gasteiger partial charge in [0.15, 0.2) is 15.8 Å². The van der Waals surface area contributed by atoms with Gasteiger partial charge < -0.3 is 10.6 Å². The highest BCUT2D eigenvalue weighted by Gasteiger charge is 2.06. The zero-order chi connectivity index (χ0) is 16.6. The summed E-state index contributed by atoms with van der Waals surface area (Å²) in [5, 5.41) is 6.53. The first-order chi connectivity index (χ1) is 10.3. The smallest absolute Gasteiger partial charge is 0.190 e. The highest BCUT2D eigenvalue weighted by atomic mass is 127. The number of hydrogen-bond donors (Lipinski definition) is 2. The summed E-state index contributed by atoms with van der Waals surface area (Å²) in [5.41, 5.74) is 1.09. The average Bonchev–Trinajstić information content (AvgIpc) is 2.45. The van der Waals surface area contributed by atoms with E-state index < -0.39 is 9.84 Å². The number of guanidine groups is 1. The van der Waals surface area contributed by atoms with E-state index in [4.69, 9.17) is 0 Å². The van der Waals surface area contributed by atoms with Crippen molar-refractivity contribution in [3.63, 3.8) is 0 Å². The molecule has 1 aromatic rings. The molecule has 0 aliphatic rings. The van der Waals surface area contributed by atoms with E-state index in [1.165, 1.54) is 6.26 Å². The van der Waals surface area contributed by atoms with E-state index in [0.717, 1.165) is 37.5 Å². The van der Waals surface area contributed by atoms with Crippen molar-refractivity contribution in [2.24, 2.45) is 10.9 Å². The lowest BCUT2D eigenvalue weighted by molar-refractivity contribution is 0.573. The topological polar surface area (TPSA) is 70.6 Å². The number of rotatable bonds is 7. The Bertz CT molecular complexity index is 584. The normalized spacial score (nSPS) is 12.0. The van der Waals surface area contributed by atoms with Crippen molar-refractivity contribution in [3.05, 3.63) is 29.8 Å². The first-order valence-corrected chi connectivity index (χ1v) is 9.45. The SMILES string of the molecule is CN=C(NCCc1ccc(S(C)(=O)=O)cc1)NCCC(C)C.I. The van der Waals surface area contributed by atoms with Gasteiger partial charge in [-0.15, -0.1) is 24.0 Å². The van der Waals surface area contributed by atoms with E-state index in [2.05, 4.69) is 29.5 Å². The van der Waals surface area contributed by atoms with Crippen LogP contribution in [0.2, 0.25) is 0 Å². The Kier molecular flexibility index (Phi) is 10.5. The lowest BCUT2D eigenvalue weighted by atomic mass is 10.1. The molecular formula is C16H28IN3O2S. The molecule has 1 rings (SSSR count). The molecule has 0 radical (unpaired) electrons. The van der Waals surface area contributed by atoms with Crippen LogP contribution >= 0.6 is 24.0 Å². The Morgan fingerprint density at radius 1 is 1.13 bits per heavy atom. The van der Waals surface area contributed by atoms with Crippen molar-refractivity contribution in [2.75, 3.05) is 26.4 Å². The Labute approximate surface area is 157 Å². The first kappa shape index (κ1) is 22.2. The molecule has 0 fully saturated rings. The van der Waals surface area contributed by atoms with Crippen molar-refractivity contribution >= 4 is 39.8 Å². The monoisotopic (exact) mass is 453 g/mol. The third-order valence-electron chi connectivity index (χ3n) is 3.30. The maximum Gasteiger partial charge on any atom is 0.190 e. The third kappa shape index (κ3) is 9.14. The van der Waals surface area contributed by atoms with Crippen LogP contribution < -0.4 is 10.6 Å². The number of sulfone groups is 1. The highest BCUT2D eigenvalue weighted by Crippen LogP contribution is 2.10. The zero-order valence-corrected chi connectivity index (χ0v) is 17.4. The molecule has 0 aliphatic carbocycles. The van der Waals surface area contributed by atoms with Crippen LogP contribution in [0.1, 0.15) is 25.8 Å². The molecule has 23 heavy (non-hydrogen) atoms. The molecule has 0 atom stereocenters. The fraction of sp³-hybridized carbons (Fsp3) is 0.562. The van der Waals surface area contributed by atoms with Crippen molar-refractivity contribution in [3.8, 4) is 0 Å². The van der Waals surface area contributed by atoms with Crippen molar-refractivity contribution in [2.45, 2.75) is 31.6 Å². The van der Waals surface area contributed by atoms with Crippen LogP contribution in [0.15, 0.2) is 34.2 Å². The van der Waals surface area contributed by atoms with E-state index in [-0.39, 0.29) is 24.0 Å². The summed E-state index contributed by atoms with van der Waals surface area (Å²) < 4.78 is 22.8. The Morgan fingerprint density at radius 3 is 2.17 bits per heavy atom. The first-order valence-electron chi connectivity index (χ1n) is 7.56. The van der Waals surface area contributed by atoms with Crippen LogP contribution in [-0.2, 0) is 16.3 Å². The van der Waals surface area contributed by atoms with Crippen LogP contribution in [-0.4, -0.2) is 40.8 Å². The Morgan fingerprint density at radius 2 is 1.70 bits per heavy atom. The minimum absolute atomic E-state index is 0. The third-order valence-corrected chi connectivity index (χ3v) is 4.42. The molecule has 7 heteroatoms. The van der Waals surface area contributed by atoms with Crippen LogP contribution in [0.3, 0.4) is 0 Å². The minimum atomic E-state index is -3.12. The molecule has 0 saturated heterocycles. The van der Waals surface area contributed by atoms with E-state index in [1.807, 2.05) is 12.1 Å². The lowest BCUT2D eigenvalue weighted by Crippen LogP contribution is -2.39. The molecule has 0 aliphatic heterocycles. The van der Waals surface area contributed by atoms with E-state index in [9.17, 15) is 8.42 Å². The van der Waals surface area contributed by atoms with Crippen molar-refractivity contribution in [1.82, 2.24) is 10.6 Å². The molecule has 0 bridgehead atoms. The van der Waals surface area contributed by atoms with Crippen LogP contribution in [0.5, 0.6) is 0 Å². The summed E-state index contributed by atoms with van der Waals surface area (Å²) in [4.78, 5) is 4.53. The maximum atomic E-state index is 11.4. The number of benzene rings is 1. The zero-order valence-electron chi connectivity index (χ0n) is 14.3.